The van der Waals surface area contributed by atoms with Gasteiger partial charge in [0.2, 0.25) is 0 Å². The number of benzene rings is 9. The molecule has 9 rings (SSSR count). The van der Waals surface area contributed by atoms with Crippen LogP contribution in [0.2, 0.25) is 0 Å². The van der Waals surface area contributed by atoms with Gasteiger partial charge in [0.1, 0.15) is 6.79 Å². The third kappa shape index (κ3) is 13.2. The SMILES string of the molecule is C=O.[Ni].c1ccc(P(c2ccccc2)c2ccccc2)cc1.c1ccc(P(c2ccccc2)c2ccccc2)cc1.c1ccc(P(c2ccccc2)c2ccccc2)cc1. The van der Waals surface area contributed by atoms with Crippen LogP contribution in [-0.2, 0) is 21.3 Å². The van der Waals surface area contributed by atoms with Crippen LogP contribution in [0, 0.1) is 0 Å². The molecule has 0 aliphatic heterocycles. The van der Waals surface area contributed by atoms with E-state index >= 15 is 0 Å². The van der Waals surface area contributed by atoms with Crippen molar-refractivity contribution in [2.75, 3.05) is 0 Å². The van der Waals surface area contributed by atoms with Crippen LogP contribution in [0.3, 0.4) is 0 Å². The number of carbonyl (C=O) groups is 1. The maximum atomic E-state index is 8.00. The zero-order chi connectivity index (χ0) is 40.7. The van der Waals surface area contributed by atoms with Gasteiger partial charge in [0.15, 0.2) is 0 Å². The summed E-state index contributed by atoms with van der Waals surface area (Å²) in [6.45, 7) is 2.00. The van der Waals surface area contributed by atoms with Gasteiger partial charge < -0.3 is 4.79 Å². The molecule has 0 aromatic heterocycles. The van der Waals surface area contributed by atoms with Crippen LogP contribution >= 0.6 is 23.8 Å². The van der Waals surface area contributed by atoms with Gasteiger partial charge in [-0.2, -0.15) is 0 Å². The summed E-state index contributed by atoms with van der Waals surface area (Å²) in [5.41, 5.74) is 0. The van der Waals surface area contributed by atoms with E-state index in [0.29, 0.717) is 0 Å². The van der Waals surface area contributed by atoms with Gasteiger partial charge >= 0.3 is 0 Å². The third-order valence-corrected chi connectivity index (χ3v) is 16.5. The van der Waals surface area contributed by atoms with Crippen molar-refractivity contribution in [3.8, 4) is 0 Å². The number of rotatable bonds is 9. The van der Waals surface area contributed by atoms with Crippen molar-refractivity contribution in [1.82, 2.24) is 0 Å². The average molecular weight is 876 g/mol. The van der Waals surface area contributed by atoms with Crippen LogP contribution in [0.15, 0.2) is 273 Å². The van der Waals surface area contributed by atoms with E-state index in [0.717, 1.165) is 0 Å². The fourth-order valence-corrected chi connectivity index (χ4v) is 13.5. The van der Waals surface area contributed by atoms with E-state index in [1.54, 1.807) is 0 Å². The molecule has 0 saturated heterocycles. The Morgan fingerprint density at radius 3 is 0.350 bits per heavy atom. The van der Waals surface area contributed by atoms with Gasteiger partial charge in [0.25, 0.3) is 0 Å². The van der Waals surface area contributed by atoms with Gasteiger partial charge in [-0.3, -0.25) is 0 Å². The minimum Gasteiger partial charge on any atom is -0.307 e. The first-order valence-electron chi connectivity index (χ1n) is 19.5. The molecule has 0 heterocycles. The van der Waals surface area contributed by atoms with Gasteiger partial charge in [0.05, 0.1) is 0 Å². The number of hydrogen-bond acceptors (Lipinski definition) is 1. The van der Waals surface area contributed by atoms with Crippen molar-refractivity contribution >= 4 is 78.3 Å². The van der Waals surface area contributed by atoms with Crippen LogP contribution in [0.25, 0.3) is 0 Å². The summed E-state index contributed by atoms with van der Waals surface area (Å²) >= 11 is 0. The number of carbonyl (C=O) groups excluding carboxylic acids is 1. The van der Waals surface area contributed by atoms with E-state index in [4.69, 9.17) is 4.79 Å². The summed E-state index contributed by atoms with van der Waals surface area (Å²) in [6.07, 6.45) is 0. The first-order chi connectivity index (χ1) is 29.3. The summed E-state index contributed by atoms with van der Waals surface area (Å²) in [5, 5.41) is 12.6. The molecule has 0 unspecified atom stereocenters. The van der Waals surface area contributed by atoms with E-state index in [-0.39, 0.29) is 16.5 Å². The van der Waals surface area contributed by atoms with Gasteiger partial charge in [0, 0.05) is 16.5 Å². The van der Waals surface area contributed by atoms with Crippen molar-refractivity contribution in [1.29, 1.82) is 0 Å². The molecule has 0 aliphatic rings. The molecular formula is C55H47NiOP3. The van der Waals surface area contributed by atoms with Gasteiger partial charge in [-0.1, -0.05) is 273 Å². The summed E-state index contributed by atoms with van der Waals surface area (Å²) in [7, 11) is -1.34. The predicted molar refractivity (Wildman–Crippen MR) is 263 cm³/mol. The molecular weight excluding hydrogens is 828 g/mol. The minimum atomic E-state index is -0.446. The summed E-state index contributed by atoms with van der Waals surface area (Å²) in [5.74, 6) is 0. The Bertz CT molecular complexity index is 1890. The Morgan fingerprint density at radius 1 is 0.183 bits per heavy atom. The zero-order valence-electron chi connectivity index (χ0n) is 33.3. The fourth-order valence-electron chi connectivity index (χ4n) is 6.54. The standard InChI is InChI=1S/3C18H15P.CH2O.Ni/c3*1-4-10-16(11-5-1)19(17-12-6-2-7-13-17)18-14-8-3-9-15-18;1-2;/h3*1-15H;1H2;. The Morgan fingerprint density at radius 2 is 0.267 bits per heavy atom. The maximum absolute atomic E-state index is 8.00. The van der Waals surface area contributed by atoms with Crippen LogP contribution in [-0.4, -0.2) is 6.79 Å². The molecule has 0 saturated carbocycles. The normalized spacial score (nSPS) is 10.1. The molecule has 0 aliphatic carbocycles. The molecule has 9 aromatic carbocycles. The Balaban J connectivity index is 0.000000166. The Kier molecular flexibility index (Phi) is 19.6. The quantitative estimate of drug-likeness (QED) is 0.104. The van der Waals surface area contributed by atoms with Gasteiger partial charge in [-0.25, -0.2) is 0 Å². The van der Waals surface area contributed by atoms with E-state index in [2.05, 4.69) is 273 Å². The molecule has 0 bridgehead atoms. The van der Waals surface area contributed by atoms with Crippen LogP contribution in [0.4, 0.5) is 0 Å². The Labute approximate surface area is 370 Å². The monoisotopic (exact) mass is 874 g/mol. The molecule has 0 fully saturated rings. The molecule has 298 valence electrons. The van der Waals surface area contributed by atoms with E-state index < -0.39 is 23.8 Å². The largest absolute Gasteiger partial charge is 0.307 e. The minimum absolute atomic E-state index is 0. The van der Waals surface area contributed by atoms with Crippen molar-refractivity contribution in [3.05, 3.63) is 273 Å². The van der Waals surface area contributed by atoms with Gasteiger partial charge in [-0.05, 0) is 71.5 Å². The first-order valence-corrected chi connectivity index (χ1v) is 23.5. The van der Waals surface area contributed by atoms with Crippen molar-refractivity contribution in [3.63, 3.8) is 0 Å². The van der Waals surface area contributed by atoms with E-state index in [1.807, 2.05) is 6.79 Å². The molecule has 9 aromatic rings. The molecule has 60 heavy (non-hydrogen) atoms. The van der Waals surface area contributed by atoms with Crippen molar-refractivity contribution in [2.45, 2.75) is 0 Å². The Hall–Kier alpha value is -5.57. The average Bonchev–Trinajstić information content (AvgIpc) is 3.34. The first kappa shape index (κ1) is 45.5. The van der Waals surface area contributed by atoms with Crippen LogP contribution in [0.1, 0.15) is 0 Å². The molecule has 1 nitrogen and oxygen atoms in total. The summed E-state index contributed by atoms with van der Waals surface area (Å²) < 4.78 is 0. The van der Waals surface area contributed by atoms with Crippen molar-refractivity contribution in [2.24, 2.45) is 0 Å². The molecule has 5 heteroatoms. The third-order valence-electron chi connectivity index (χ3n) is 9.13. The van der Waals surface area contributed by atoms with E-state index in [9.17, 15) is 0 Å². The van der Waals surface area contributed by atoms with Crippen LogP contribution in [0.5, 0.6) is 0 Å². The van der Waals surface area contributed by atoms with E-state index in [1.165, 1.54) is 47.7 Å². The summed E-state index contributed by atoms with van der Waals surface area (Å²) in [4.78, 5) is 8.00. The zero-order valence-corrected chi connectivity index (χ0v) is 36.9. The molecule has 0 amide bonds. The second kappa shape index (κ2) is 25.8. The maximum Gasteiger partial charge on any atom is 0.106 e. The molecule has 0 atom stereocenters. The molecule has 0 radical (unpaired) electrons. The molecule has 0 N–H and O–H groups in total. The smallest absolute Gasteiger partial charge is 0.106 e. The molecule has 0 spiro atoms. The topological polar surface area (TPSA) is 17.1 Å². The van der Waals surface area contributed by atoms with Crippen LogP contribution < -0.4 is 47.7 Å². The predicted octanol–water partition coefficient (Wildman–Crippen LogP) is 10.1. The number of hydrogen-bond donors (Lipinski definition) is 0. The fraction of sp³-hybridized carbons (Fsp3) is 0. The second-order valence-corrected chi connectivity index (χ2v) is 19.7. The summed E-state index contributed by atoms with van der Waals surface area (Å²) in [6, 6.07) is 97.0. The van der Waals surface area contributed by atoms with Gasteiger partial charge in [-0.15, -0.1) is 0 Å². The van der Waals surface area contributed by atoms with Crippen molar-refractivity contribution < 1.29 is 21.3 Å². The second-order valence-electron chi connectivity index (χ2n) is 13.0.